The normalized spacial score (nSPS) is 23.3. The first-order chi connectivity index (χ1) is 16.6. The lowest BCUT2D eigenvalue weighted by atomic mass is 9.76. The van der Waals surface area contributed by atoms with Crippen molar-refractivity contribution in [2.24, 2.45) is 11.8 Å². The van der Waals surface area contributed by atoms with Crippen LogP contribution in [0.25, 0.3) is 16.7 Å². The molecule has 0 N–H and O–H groups in total. The number of allylic oxidation sites excluding steroid dienone is 4. The van der Waals surface area contributed by atoms with Crippen LogP contribution in [0.5, 0.6) is 0 Å². The molecule has 1 unspecified atom stereocenters. The smallest absolute Gasteiger partial charge is 0.149 e. The zero-order valence-electron chi connectivity index (χ0n) is 21.0. The fourth-order valence-electron chi connectivity index (χ4n) is 5.98. The minimum absolute atomic E-state index is 0.261. The van der Waals surface area contributed by atoms with Crippen molar-refractivity contribution in [1.82, 2.24) is 0 Å². The zero-order chi connectivity index (χ0) is 23.9. The zero-order valence-corrected chi connectivity index (χ0v) is 21.7. The van der Waals surface area contributed by atoms with Crippen LogP contribution in [0.2, 0.25) is 5.02 Å². The van der Waals surface area contributed by atoms with Crippen LogP contribution < -0.4 is 0 Å². The molecule has 0 heterocycles. The highest BCUT2D eigenvalue weighted by atomic mass is 35.5. The molecule has 2 aromatic rings. The molecule has 1 saturated carbocycles. The summed E-state index contributed by atoms with van der Waals surface area (Å²) >= 11 is 6.62. The van der Waals surface area contributed by atoms with Gasteiger partial charge in [-0.2, -0.15) is 0 Å². The molecule has 34 heavy (non-hydrogen) atoms. The first kappa shape index (κ1) is 25.2. The molecule has 1 fully saturated rings. The Morgan fingerprint density at radius 1 is 0.941 bits per heavy atom. The average Bonchev–Trinajstić information content (AvgIpc) is 2.87. The van der Waals surface area contributed by atoms with Crippen LogP contribution in [0.3, 0.4) is 0 Å². The Morgan fingerprint density at radius 2 is 1.68 bits per heavy atom. The Morgan fingerprint density at radius 3 is 2.32 bits per heavy atom. The molecule has 2 aromatic carbocycles. The second-order valence-electron chi connectivity index (χ2n) is 10.4. The molecule has 182 valence electrons. The Kier molecular flexibility index (Phi) is 9.06. The third-order valence-corrected chi connectivity index (χ3v) is 8.48. The van der Waals surface area contributed by atoms with Crippen LogP contribution in [-0.2, 0) is 0 Å². The fourth-order valence-corrected chi connectivity index (χ4v) is 6.29. The van der Waals surface area contributed by atoms with Crippen molar-refractivity contribution in [3.05, 3.63) is 76.6 Å². The lowest BCUT2D eigenvalue weighted by Gasteiger charge is -2.29. The molecule has 2 aliphatic rings. The summed E-state index contributed by atoms with van der Waals surface area (Å²) < 4.78 is 15.4. The summed E-state index contributed by atoms with van der Waals surface area (Å²) in [5.74, 6) is 1.64. The second-order valence-corrected chi connectivity index (χ2v) is 10.8. The Bertz CT molecular complexity index is 992. The van der Waals surface area contributed by atoms with Gasteiger partial charge in [-0.25, -0.2) is 4.39 Å². The Hall–Kier alpha value is -1.86. The third-order valence-electron chi connectivity index (χ3n) is 8.10. The van der Waals surface area contributed by atoms with E-state index >= 15 is 4.39 Å². The van der Waals surface area contributed by atoms with E-state index in [0.717, 1.165) is 42.7 Å². The van der Waals surface area contributed by atoms with E-state index in [1.807, 2.05) is 18.2 Å². The maximum Gasteiger partial charge on any atom is 0.149 e. The molecule has 0 amide bonds. The van der Waals surface area contributed by atoms with Gasteiger partial charge in [0.15, 0.2) is 0 Å². The third kappa shape index (κ3) is 6.03. The molecule has 2 heteroatoms. The molecular formula is C32H40ClF. The highest BCUT2D eigenvalue weighted by molar-refractivity contribution is 6.32. The first-order valence-corrected chi connectivity index (χ1v) is 13.9. The molecular weight excluding hydrogens is 439 g/mol. The number of hydrogen-bond acceptors (Lipinski definition) is 0. The summed E-state index contributed by atoms with van der Waals surface area (Å²) in [6.07, 6.45) is 20.3. The van der Waals surface area contributed by atoms with Crippen molar-refractivity contribution in [3.8, 4) is 11.1 Å². The number of rotatable bonds is 8. The van der Waals surface area contributed by atoms with Crippen LogP contribution in [0.4, 0.5) is 4.39 Å². The number of benzene rings is 2. The van der Waals surface area contributed by atoms with Crippen LogP contribution in [0.1, 0.15) is 102 Å². The van der Waals surface area contributed by atoms with Gasteiger partial charge in [-0.1, -0.05) is 98.8 Å². The predicted molar refractivity (Wildman–Crippen MR) is 146 cm³/mol. The number of unbranched alkanes of at least 4 members (excludes halogenated alkanes) is 2. The topological polar surface area (TPSA) is 0 Å². The molecule has 0 aromatic heterocycles. The molecule has 1 atom stereocenters. The minimum atomic E-state index is -0.261. The van der Waals surface area contributed by atoms with Gasteiger partial charge in [0, 0.05) is 5.56 Å². The molecule has 0 saturated heterocycles. The van der Waals surface area contributed by atoms with E-state index in [1.54, 1.807) is 0 Å². The molecule has 0 spiro atoms. The van der Waals surface area contributed by atoms with Gasteiger partial charge in [0.2, 0.25) is 0 Å². The molecule has 2 aliphatic carbocycles. The van der Waals surface area contributed by atoms with Crippen molar-refractivity contribution in [2.45, 2.75) is 90.4 Å². The monoisotopic (exact) mass is 478 g/mol. The summed E-state index contributed by atoms with van der Waals surface area (Å²) in [6, 6.07) is 12.4. The maximum absolute atomic E-state index is 15.4. The van der Waals surface area contributed by atoms with E-state index in [0.29, 0.717) is 22.4 Å². The quantitative estimate of drug-likeness (QED) is 0.261. The highest BCUT2D eigenvalue weighted by Gasteiger charge is 2.25. The van der Waals surface area contributed by atoms with Crippen LogP contribution in [0, 0.1) is 17.7 Å². The van der Waals surface area contributed by atoms with E-state index < -0.39 is 0 Å². The highest BCUT2D eigenvalue weighted by Crippen LogP contribution is 2.42. The van der Waals surface area contributed by atoms with E-state index in [4.69, 9.17) is 11.6 Å². The second kappa shape index (κ2) is 12.2. The summed E-state index contributed by atoms with van der Waals surface area (Å²) in [7, 11) is 0. The van der Waals surface area contributed by atoms with Crippen molar-refractivity contribution in [1.29, 1.82) is 0 Å². The number of halogens is 2. The van der Waals surface area contributed by atoms with E-state index in [2.05, 4.69) is 50.3 Å². The van der Waals surface area contributed by atoms with Gasteiger partial charge in [-0.3, -0.25) is 0 Å². The van der Waals surface area contributed by atoms with E-state index in [9.17, 15) is 0 Å². The van der Waals surface area contributed by atoms with E-state index in [-0.39, 0.29) is 5.82 Å². The van der Waals surface area contributed by atoms with Gasteiger partial charge in [0.1, 0.15) is 5.82 Å². The van der Waals surface area contributed by atoms with Gasteiger partial charge in [-0.05, 0) is 91.9 Å². The number of hydrogen-bond donors (Lipinski definition) is 0. The summed E-state index contributed by atoms with van der Waals surface area (Å²) in [5.41, 5.74) is 5.18. The maximum atomic E-state index is 15.4. The predicted octanol–water partition coefficient (Wildman–Crippen LogP) is 10.8. The van der Waals surface area contributed by atoms with Gasteiger partial charge in [-0.15, -0.1) is 0 Å². The van der Waals surface area contributed by atoms with Gasteiger partial charge in [0.25, 0.3) is 0 Å². The lowest BCUT2D eigenvalue weighted by Crippen LogP contribution is -2.14. The van der Waals surface area contributed by atoms with Crippen molar-refractivity contribution in [2.75, 3.05) is 0 Å². The summed E-state index contributed by atoms with van der Waals surface area (Å²) in [4.78, 5) is 0. The summed E-state index contributed by atoms with van der Waals surface area (Å²) in [6.45, 7) is 4.36. The van der Waals surface area contributed by atoms with Gasteiger partial charge >= 0.3 is 0 Å². The fraction of sp³-hybridized carbons (Fsp3) is 0.500. The van der Waals surface area contributed by atoms with Crippen molar-refractivity contribution < 1.29 is 4.39 Å². The SMILES string of the molecule is CC=CC1CC=C(c2ccc(-c3ccc(C4CCC(CCCCC)CC4)c(Cl)c3F)cc2)CC1. The molecule has 0 bridgehead atoms. The minimum Gasteiger partial charge on any atom is -0.205 e. The van der Waals surface area contributed by atoms with Crippen molar-refractivity contribution in [3.63, 3.8) is 0 Å². The first-order valence-electron chi connectivity index (χ1n) is 13.5. The lowest BCUT2D eigenvalue weighted by molar-refractivity contribution is 0.302. The molecule has 4 rings (SSSR count). The van der Waals surface area contributed by atoms with Crippen LogP contribution in [-0.4, -0.2) is 0 Å². The molecule has 0 nitrogen and oxygen atoms in total. The summed E-state index contributed by atoms with van der Waals surface area (Å²) in [5, 5.41) is 0.334. The standard InChI is InChI=1S/C32H40ClF/c1-3-5-6-8-24-11-15-27(16-12-24)29-21-22-30(32(34)31(29)33)28-19-17-26(18-20-28)25-13-9-23(7-4-2)10-14-25/h4,7,13,17-24,27H,3,5-6,8-12,14-16H2,1-2H3. The molecule has 0 aliphatic heterocycles. The Labute approximate surface area is 211 Å². The van der Waals surface area contributed by atoms with Crippen LogP contribution in [0.15, 0.2) is 54.6 Å². The van der Waals surface area contributed by atoms with Gasteiger partial charge < -0.3 is 0 Å². The Balaban J connectivity index is 1.42. The average molecular weight is 479 g/mol. The van der Waals surface area contributed by atoms with Crippen LogP contribution >= 0.6 is 11.6 Å². The van der Waals surface area contributed by atoms with E-state index in [1.165, 1.54) is 56.1 Å². The van der Waals surface area contributed by atoms with Crippen molar-refractivity contribution >= 4 is 17.2 Å². The van der Waals surface area contributed by atoms with Gasteiger partial charge in [0.05, 0.1) is 5.02 Å². The largest absolute Gasteiger partial charge is 0.205 e. The molecule has 0 radical (unpaired) electrons.